The maximum Gasteiger partial charge on any atom is 0.123 e. The molecule has 0 radical (unpaired) electrons. The minimum atomic E-state index is -0.387. The highest BCUT2D eigenvalue weighted by molar-refractivity contribution is 9.10. The van der Waals surface area contributed by atoms with Crippen molar-refractivity contribution >= 4 is 15.9 Å². The molecule has 5 heteroatoms. The molecule has 90 valence electrons. The fourth-order valence-electron chi connectivity index (χ4n) is 1.79. The molecule has 0 aliphatic rings. The van der Waals surface area contributed by atoms with Gasteiger partial charge in [0.25, 0.3) is 0 Å². The van der Waals surface area contributed by atoms with Crippen molar-refractivity contribution in [3.05, 3.63) is 52.0 Å². The summed E-state index contributed by atoms with van der Waals surface area (Å²) in [5.41, 5.74) is 7.75. The first-order valence-corrected chi connectivity index (χ1v) is 6.15. The predicted molar refractivity (Wildman–Crippen MR) is 68.0 cm³/mol. The molecule has 3 nitrogen and oxygen atoms in total. The Hall–Kier alpha value is -1.20. The molecule has 0 aliphatic carbocycles. The predicted octanol–water partition coefficient (Wildman–Crippen LogP) is 2.85. The number of aryl methyl sites for hydroxylation is 1. The van der Waals surface area contributed by atoms with Gasteiger partial charge >= 0.3 is 0 Å². The van der Waals surface area contributed by atoms with E-state index in [0.29, 0.717) is 0 Å². The second-order valence-corrected chi connectivity index (χ2v) is 4.58. The molecule has 2 rings (SSSR count). The molecule has 17 heavy (non-hydrogen) atoms. The SMILES string of the molecule is CCn1ncc(Br)c1C(N)c1cccc(F)c1. The first kappa shape index (κ1) is 12.3. The van der Waals surface area contributed by atoms with Gasteiger partial charge in [-0.05, 0) is 40.5 Å². The van der Waals surface area contributed by atoms with Gasteiger partial charge in [-0.15, -0.1) is 0 Å². The highest BCUT2D eigenvalue weighted by Crippen LogP contribution is 2.26. The van der Waals surface area contributed by atoms with Crippen LogP contribution in [0.3, 0.4) is 0 Å². The highest BCUT2D eigenvalue weighted by atomic mass is 79.9. The normalized spacial score (nSPS) is 12.7. The van der Waals surface area contributed by atoms with Crippen LogP contribution in [0, 0.1) is 5.82 Å². The maximum atomic E-state index is 13.2. The minimum absolute atomic E-state index is 0.281. The molecule has 2 aromatic rings. The van der Waals surface area contributed by atoms with E-state index in [-0.39, 0.29) is 11.9 Å². The fourth-order valence-corrected chi connectivity index (χ4v) is 2.33. The zero-order valence-electron chi connectivity index (χ0n) is 9.40. The lowest BCUT2D eigenvalue weighted by Gasteiger charge is -2.14. The number of rotatable bonds is 3. The molecule has 0 amide bonds. The summed E-state index contributed by atoms with van der Waals surface area (Å²) in [4.78, 5) is 0. The molecular weight excluding hydrogens is 285 g/mol. The monoisotopic (exact) mass is 297 g/mol. The summed E-state index contributed by atoms with van der Waals surface area (Å²) in [5.74, 6) is -0.281. The number of halogens is 2. The van der Waals surface area contributed by atoms with E-state index in [0.717, 1.165) is 22.3 Å². The highest BCUT2D eigenvalue weighted by Gasteiger charge is 2.17. The van der Waals surface area contributed by atoms with E-state index < -0.39 is 0 Å². The first-order valence-electron chi connectivity index (χ1n) is 5.35. The summed E-state index contributed by atoms with van der Waals surface area (Å²) < 4.78 is 15.8. The average molecular weight is 298 g/mol. The Bertz CT molecular complexity index is 524. The zero-order valence-corrected chi connectivity index (χ0v) is 11.0. The summed E-state index contributed by atoms with van der Waals surface area (Å²) in [6, 6.07) is 5.94. The third-order valence-corrected chi connectivity index (χ3v) is 3.25. The summed E-state index contributed by atoms with van der Waals surface area (Å²) >= 11 is 3.42. The molecule has 0 bridgehead atoms. The summed E-state index contributed by atoms with van der Waals surface area (Å²) in [6.45, 7) is 2.71. The molecular formula is C12H13BrFN3. The van der Waals surface area contributed by atoms with Crippen LogP contribution in [0.1, 0.15) is 24.2 Å². The number of hydrogen-bond acceptors (Lipinski definition) is 2. The van der Waals surface area contributed by atoms with Crippen molar-refractivity contribution in [1.82, 2.24) is 9.78 Å². The van der Waals surface area contributed by atoms with Gasteiger partial charge in [0.2, 0.25) is 0 Å². The standard InChI is InChI=1S/C12H13BrFN3/c1-2-17-12(10(13)7-16-17)11(15)8-4-3-5-9(14)6-8/h3-7,11H,2,15H2,1H3. The Balaban J connectivity index is 2.43. The van der Waals surface area contributed by atoms with Crippen LogP contribution in [0.4, 0.5) is 4.39 Å². The number of benzene rings is 1. The largest absolute Gasteiger partial charge is 0.319 e. The molecule has 0 fully saturated rings. The lowest BCUT2D eigenvalue weighted by Crippen LogP contribution is -2.17. The molecule has 1 unspecified atom stereocenters. The summed E-state index contributed by atoms with van der Waals surface area (Å²) in [5, 5.41) is 4.20. The van der Waals surface area contributed by atoms with E-state index in [2.05, 4.69) is 21.0 Å². The van der Waals surface area contributed by atoms with E-state index in [1.165, 1.54) is 12.1 Å². The van der Waals surface area contributed by atoms with Gasteiger partial charge in [-0.3, -0.25) is 4.68 Å². The Kier molecular flexibility index (Phi) is 3.59. The third-order valence-electron chi connectivity index (χ3n) is 2.64. The zero-order chi connectivity index (χ0) is 12.4. The van der Waals surface area contributed by atoms with Gasteiger partial charge in [0.1, 0.15) is 5.82 Å². The molecule has 1 aromatic heterocycles. The Morgan fingerprint density at radius 3 is 2.94 bits per heavy atom. The second-order valence-electron chi connectivity index (χ2n) is 3.73. The summed E-state index contributed by atoms with van der Waals surface area (Å²) in [6.07, 6.45) is 1.71. The second kappa shape index (κ2) is 4.98. The maximum absolute atomic E-state index is 13.2. The first-order chi connectivity index (χ1) is 8.13. The van der Waals surface area contributed by atoms with Crippen molar-refractivity contribution in [1.29, 1.82) is 0 Å². The van der Waals surface area contributed by atoms with Crippen molar-refractivity contribution in [2.75, 3.05) is 0 Å². The van der Waals surface area contributed by atoms with Gasteiger partial charge in [-0.2, -0.15) is 5.10 Å². The van der Waals surface area contributed by atoms with Crippen molar-refractivity contribution < 1.29 is 4.39 Å². The van der Waals surface area contributed by atoms with E-state index in [4.69, 9.17) is 5.73 Å². The molecule has 1 aromatic carbocycles. The van der Waals surface area contributed by atoms with Gasteiger partial charge in [-0.1, -0.05) is 12.1 Å². The van der Waals surface area contributed by atoms with E-state index in [1.54, 1.807) is 16.9 Å². The molecule has 0 spiro atoms. The average Bonchev–Trinajstić information content (AvgIpc) is 2.69. The summed E-state index contributed by atoms with van der Waals surface area (Å²) in [7, 11) is 0. The van der Waals surface area contributed by atoms with Gasteiger partial charge in [0.05, 0.1) is 22.4 Å². The molecule has 0 saturated heterocycles. The van der Waals surface area contributed by atoms with Gasteiger partial charge in [0.15, 0.2) is 0 Å². The van der Waals surface area contributed by atoms with Crippen molar-refractivity contribution in [2.45, 2.75) is 19.5 Å². The lowest BCUT2D eigenvalue weighted by molar-refractivity contribution is 0.593. The molecule has 0 saturated carbocycles. The van der Waals surface area contributed by atoms with Gasteiger partial charge < -0.3 is 5.73 Å². The minimum Gasteiger partial charge on any atom is -0.319 e. The van der Waals surface area contributed by atoms with E-state index in [1.807, 2.05) is 13.0 Å². The van der Waals surface area contributed by atoms with Crippen LogP contribution < -0.4 is 5.73 Å². The van der Waals surface area contributed by atoms with Crippen LogP contribution in [0.2, 0.25) is 0 Å². The van der Waals surface area contributed by atoms with E-state index >= 15 is 0 Å². The number of hydrogen-bond donors (Lipinski definition) is 1. The van der Waals surface area contributed by atoms with Crippen molar-refractivity contribution in [2.24, 2.45) is 5.73 Å². The van der Waals surface area contributed by atoms with Crippen molar-refractivity contribution in [3.8, 4) is 0 Å². The Labute approximate surface area is 108 Å². The van der Waals surface area contributed by atoms with Gasteiger partial charge in [-0.25, -0.2) is 4.39 Å². The fraction of sp³-hybridized carbons (Fsp3) is 0.250. The van der Waals surface area contributed by atoms with Crippen LogP contribution in [0.5, 0.6) is 0 Å². The Morgan fingerprint density at radius 2 is 2.29 bits per heavy atom. The van der Waals surface area contributed by atoms with Gasteiger partial charge in [0, 0.05) is 6.54 Å². The van der Waals surface area contributed by atoms with Crippen LogP contribution in [0.15, 0.2) is 34.9 Å². The smallest absolute Gasteiger partial charge is 0.123 e. The topological polar surface area (TPSA) is 43.8 Å². The van der Waals surface area contributed by atoms with Crippen LogP contribution in [-0.4, -0.2) is 9.78 Å². The lowest BCUT2D eigenvalue weighted by atomic mass is 10.0. The number of nitrogens with two attached hydrogens (primary N) is 1. The Morgan fingerprint density at radius 1 is 1.53 bits per heavy atom. The third kappa shape index (κ3) is 2.40. The van der Waals surface area contributed by atoms with Crippen LogP contribution in [0.25, 0.3) is 0 Å². The van der Waals surface area contributed by atoms with Crippen molar-refractivity contribution in [3.63, 3.8) is 0 Å². The van der Waals surface area contributed by atoms with E-state index in [9.17, 15) is 4.39 Å². The molecule has 1 heterocycles. The van der Waals surface area contributed by atoms with Crippen LogP contribution >= 0.6 is 15.9 Å². The molecule has 0 aliphatic heterocycles. The van der Waals surface area contributed by atoms with Crippen LogP contribution in [-0.2, 0) is 6.54 Å². The molecule has 2 N–H and O–H groups in total. The quantitative estimate of drug-likeness (QED) is 0.947. The molecule has 1 atom stereocenters. The number of aromatic nitrogens is 2. The number of nitrogens with zero attached hydrogens (tertiary/aromatic N) is 2.